The number of hydrogen-bond donors (Lipinski definition) is 4. The largest absolute Gasteiger partial charge is 0.480 e. The van der Waals surface area contributed by atoms with Gasteiger partial charge in [-0.2, -0.15) is 12.6 Å². The molecule has 0 saturated heterocycles. The van der Waals surface area contributed by atoms with Gasteiger partial charge in [-0.05, 0) is 6.92 Å². The monoisotopic (exact) mass is 192 g/mol. The molecule has 5 nitrogen and oxygen atoms in total. The number of ketones is 1. The predicted molar refractivity (Wildman–Crippen MR) is 47.1 cm³/mol. The molecule has 0 radical (unpaired) electrons. The van der Waals surface area contributed by atoms with Crippen LogP contribution in [0.4, 0.5) is 0 Å². The Hall–Kier alpha value is -0.590. The van der Waals surface area contributed by atoms with Crippen molar-refractivity contribution in [3.05, 3.63) is 0 Å². The molecule has 0 aromatic carbocycles. The summed E-state index contributed by atoms with van der Waals surface area (Å²) in [6.45, 7) is 1.39. The third-order valence-corrected chi connectivity index (χ3v) is 1.98. The van der Waals surface area contributed by atoms with E-state index in [2.05, 4.69) is 12.6 Å². The van der Waals surface area contributed by atoms with Gasteiger partial charge in [-0.1, -0.05) is 0 Å². The van der Waals surface area contributed by atoms with Crippen LogP contribution in [-0.4, -0.2) is 34.2 Å². The van der Waals surface area contributed by atoms with E-state index in [-0.39, 0.29) is 5.75 Å². The van der Waals surface area contributed by atoms with Gasteiger partial charge in [0.25, 0.3) is 0 Å². The highest BCUT2D eigenvalue weighted by atomic mass is 32.1. The van der Waals surface area contributed by atoms with Crippen molar-refractivity contribution in [1.29, 1.82) is 0 Å². The summed E-state index contributed by atoms with van der Waals surface area (Å²) >= 11 is 3.69. The first-order chi connectivity index (χ1) is 5.36. The number of carbonyl (C=O) groups is 2. The van der Waals surface area contributed by atoms with E-state index in [4.69, 9.17) is 16.6 Å². The third kappa shape index (κ3) is 1.96. The lowest BCUT2D eigenvalue weighted by atomic mass is 9.93. The Balaban J connectivity index is 4.76. The molecule has 0 aliphatic rings. The first-order valence-corrected chi connectivity index (χ1v) is 3.92. The summed E-state index contributed by atoms with van der Waals surface area (Å²) in [6.07, 6.45) is 0. The Labute approximate surface area is 75.5 Å². The molecule has 0 spiro atoms. The average Bonchev–Trinajstić information content (AvgIpc) is 2.01. The number of carboxylic acids is 1. The van der Waals surface area contributed by atoms with Gasteiger partial charge in [0.15, 0.2) is 11.3 Å². The molecule has 5 N–H and O–H groups in total. The van der Waals surface area contributed by atoms with Crippen LogP contribution in [0.2, 0.25) is 0 Å². The number of hydrogen-bond acceptors (Lipinski definition) is 5. The van der Waals surface area contributed by atoms with Gasteiger partial charge >= 0.3 is 5.97 Å². The molecule has 12 heavy (non-hydrogen) atoms. The summed E-state index contributed by atoms with van der Waals surface area (Å²) in [6, 6.07) is -0.891. The molecule has 6 heteroatoms. The van der Waals surface area contributed by atoms with Crippen LogP contribution in [0, 0.1) is 0 Å². The molecule has 0 amide bonds. The van der Waals surface area contributed by atoms with Crippen molar-refractivity contribution in [2.24, 2.45) is 11.5 Å². The minimum Gasteiger partial charge on any atom is -0.480 e. The zero-order valence-electron chi connectivity index (χ0n) is 6.65. The van der Waals surface area contributed by atoms with Crippen LogP contribution in [0.1, 0.15) is 6.92 Å². The van der Waals surface area contributed by atoms with Crippen molar-refractivity contribution in [2.45, 2.75) is 18.5 Å². The number of rotatable bonds is 4. The first-order valence-electron chi connectivity index (χ1n) is 3.29. The van der Waals surface area contributed by atoms with E-state index in [1.807, 2.05) is 0 Å². The number of aliphatic carboxylic acids is 1. The normalized spacial score (nSPS) is 18.0. The molecule has 0 fully saturated rings. The van der Waals surface area contributed by atoms with Gasteiger partial charge in [0.05, 0.1) is 6.04 Å². The van der Waals surface area contributed by atoms with E-state index in [1.165, 1.54) is 6.92 Å². The fourth-order valence-electron chi connectivity index (χ4n) is 0.657. The van der Waals surface area contributed by atoms with Gasteiger partial charge in [0.1, 0.15) is 0 Å². The highest BCUT2D eigenvalue weighted by molar-refractivity contribution is 7.80. The molecule has 0 aromatic heterocycles. The van der Waals surface area contributed by atoms with Crippen LogP contribution in [0.5, 0.6) is 0 Å². The maximum Gasteiger partial charge on any atom is 0.332 e. The van der Waals surface area contributed by atoms with Crippen molar-refractivity contribution in [1.82, 2.24) is 0 Å². The summed E-state index contributed by atoms with van der Waals surface area (Å²) in [4.78, 5) is 21.7. The molecule has 2 atom stereocenters. The van der Waals surface area contributed by atoms with Gasteiger partial charge < -0.3 is 16.6 Å². The van der Waals surface area contributed by atoms with Crippen molar-refractivity contribution in [3.8, 4) is 0 Å². The maximum absolute atomic E-state index is 11.2. The molecule has 0 aromatic rings. The van der Waals surface area contributed by atoms with Gasteiger partial charge in [0, 0.05) is 5.75 Å². The number of thiol groups is 1. The third-order valence-electron chi connectivity index (χ3n) is 1.48. The summed E-state index contributed by atoms with van der Waals surface area (Å²) in [5, 5.41) is 8.60. The maximum atomic E-state index is 11.2. The van der Waals surface area contributed by atoms with Gasteiger partial charge in [-0.15, -0.1) is 0 Å². The number of Topliss-reactive ketones (excluding diaryl/α,β-unsaturated/α-hetero) is 1. The van der Waals surface area contributed by atoms with Crippen LogP contribution in [0.15, 0.2) is 0 Å². The topological polar surface area (TPSA) is 106 Å². The Morgan fingerprint density at radius 1 is 1.67 bits per heavy atom. The summed E-state index contributed by atoms with van der Waals surface area (Å²) in [5.41, 5.74) is 8.53. The van der Waals surface area contributed by atoms with Gasteiger partial charge in [0.2, 0.25) is 0 Å². The fraction of sp³-hybridized carbons (Fsp3) is 0.667. The molecule has 70 valence electrons. The molecule has 0 aliphatic carbocycles. The lowest BCUT2D eigenvalue weighted by molar-refractivity contribution is -0.147. The molecule has 0 rings (SSSR count). The van der Waals surface area contributed by atoms with Crippen LogP contribution >= 0.6 is 12.6 Å². The lowest BCUT2D eigenvalue weighted by Crippen LogP contribution is -2.61. The molecule has 0 bridgehead atoms. The van der Waals surface area contributed by atoms with E-state index >= 15 is 0 Å². The zero-order chi connectivity index (χ0) is 9.94. The van der Waals surface area contributed by atoms with E-state index in [0.717, 1.165) is 0 Å². The molecule has 0 unspecified atom stereocenters. The second kappa shape index (κ2) is 3.88. The molecular formula is C6H12N2O3S. The summed E-state index contributed by atoms with van der Waals surface area (Å²) < 4.78 is 0. The molecular weight excluding hydrogens is 180 g/mol. The minimum atomic E-state index is -1.96. The minimum absolute atomic E-state index is 0.261. The molecule has 0 saturated carbocycles. The van der Waals surface area contributed by atoms with Crippen molar-refractivity contribution in [2.75, 3.05) is 5.75 Å². The molecule has 0 heterocycles. The number of nitrogens with two attached hydrogens (primary N) is 2. The van der Waals surface area contributed by atoms with Gasteiger partial charge in [-0.3, -0.25) is 4.79 Å². The Morgan fingerprint density at radius 3 is 2.17 bits per heavy atom. The number of carbonyl (C=O) groups excluding carboxylic acids is 1. The van der Waals surface area contributed by atoms with Crippen LogP contribution < -0.4 is 11.5 Å². The highest BCUT2D eigenvalue weighted by Gasteiger charge is 2.42. The molecule has 0 aliphatic heterocycles. The standard InChI is InChI=1S/C6H12N2O3S/c1-3(7)4(9)6(8,2-12)5(10)11/h3,12H,2,7-8H2,1H3,(H,10,11)/t3-,6+/m0/s1. The van der Waals surface area contributed by atoms with E-state index in [1.54, 1.807) is 0 Å². The van der Waals surface area contributed by atoms with Crippen molar-refractivity contribution < 1.29 is 14.7 Å². The highest BCUT2D eigenvalue weighted by Crippen LogP contribution is 2.07. The van der Waals surface area contributed by atoms with Crippen LogP contribution in [-0.2, 0) is 9.59 Å². The predicted octanol–water partition coefficient (Wildman–Crippen LogP) is -1.39. The van der Waals surface area contributed by atoms with Gasteiger partial charge in [-0.25, -0.2) is 4.79 Å². The van der Waals surface area contributed by atoms with Crippen molar-refractivity contribution >= 4 is 24.4 Å². The van der Waals surface area contributed by atoms with E-state index in [9.17, 15) is 9.59 Å². The Bertz CT molecular complexity index is 207. The smallest absolute Gasteiger partial charge is 0.332 e. The van der Waals surface area contributed by atoms with Crippen LogP contribution in [0.3, 0.4) is 0 Å². The lowest BCUT2D eigenvalue weighted by Gasteiger charge is -2.22. The first kappa shape index (κ1) is 11.4. The quantitative estimate of drug-likeness (QED) is 0.324. The second-order valence-electron chi connectivity index (χ2n) is 2.59. The van der Waals surface area contributed by atoms with E-state index < -0.39 is 23.3 Å². The van der Waals surface area contributed by atoms with Crippen molar-refractivity contribution in [3.63, 3.8) is 0 Å². The Morgan fingerprint density at radius 2 is 2.08 bits per heavy atom. The Kier molecular flexibility index (Phi) is 3.69. The number of carboxylic acid groups (broad SMARTS) is 1. The zero-order valence-corrected chi connectivity index (χ0v) is 7.54. The summed E-state index contributed by atoms with van der Waals surface area (Å²) in [7, 11) is 0. The van der Waals surface area contributed by atoms with E-state index in [0.29, 0.717) is 0 Å². The SMILES string of the molecule is C[C@H](N)C(=O)[C@](N)(CS)C(=O)O. The van der Waals surface area contributed by atoms with Crippen LogP contribution in [0.25, 0.3) is 0 Å². The second-order valence-corrected chi connectivity index (χ2v) is 2.90. The average molecular weight is 192 g/mol. The fourth-order valence-corrected chi connectivity index (χ4v) is 0.948. The summed E-state index contributed by atoms with van der Waals surface area (Å²) in [5.74, 6) is -2.38.